The molecule has 0 aliphatic heterocycles. The Bertz CT molecular complexity index is 391. The highest BCUT2D eigenvalue weighted by molar-refractivity contribution is 7.12. The molecule has 1 aromatic heterocycles. The van der Waals surface area contributed by atoms with Gasteiger partial charge in [-0.2, -0.15) is 0 Å². The zero-order valence-corrected chi connectivity index (χ0v) is 12.8. The van der Waals surface area contributed by atoms with Crippen LogP contribution >= 0.6 is 11.3 Å². The largest absolute Gasteiger partial charge is 0.477 e. The second-order valence-corrected chi connectivity index (χ2v) is 5.95. The highest BCUT2D eigenvalue weighted by Gasteiger charge is 2.10. The third kappa shape index (κ3) is 5.72. The summed E-state index contributed by atoms with van der Waals surface area (Å²) >= 11 is 1.29. The molecule has 0 saturated heterocycles. The minimum atomic E-state index is -0.828. The summed E-state index contributed by atoms with van der Waals surface area (Å²) in [4.78, 5) is 13.7. The molecule has 1 aromatic rings. The number of unbranched alkanes of at least 4 members (excludes halogenated alkanes) is 1. The van der Waals surface area contributed by atoms with Crippen molar-refractivity contribution in [3.8, 4) is 0 Å². The quantitative estimate of drug-likeness (QED) is 0.685. The minimum absolute atomic E-state index is 0.451. The Labute approximate surface area is 119 Å². The van der Waals surface area contributed by atoms with Crippen LogP contribution in [-0.4, -0.2) is 42.2 Å². The first-order valence-corrected chi connectivity index (χ1v) is 7.61. The molecular formula is C14H24N2O2S. The highest BCUT2D eigenvalue weighted by Crippen LogP contribution is 2.16. The van der Waals surface area contributed by atoms with Gasteiger partial charge < -0.3 is 15.3 Å². The van der Waals surface area contributed by atoms with Gasteiger partial charge in [0, 0.05) is 12.6 Å². The minimum Gasteiger partial charge on any atom is -0.477 e. The Balaban J connectivity index is 2.14. The Morgan fingerprint density at radius 1 is 1.47 bits per heavy atom. The summed E-state index contributed by atoms with van der Waals surface area (Å²) in [6.45, 7) is 7.08. The molecular weight excluding hydrogens is 260 g/mol. The smallest absolute Gasteiger partial charge is 0.346 e. The number of thiophene rings is 1. The van der Waals surface area contributed by atoms with Crippen LogP contribution in [0.15, 0.2) is 11.4 Å². The first kappa shape index (κ1) is 16.1. The number of hydrogen-bond acceptors (Lipinski definition) is 4. The molecule has 0 spiro atoms. The monoisotopic (exact) mass is 284 g/mol. The fourth-order valence-corrected chi connectivity index (χ4v) is 2.52. The Hall–Kier alpha value is -0.910. The Kier molecular flexibility index (Phi) is 7.05. The first-order chi connectivity index (χ1) is 9.02. The van der Waals surface area contributed by atoms with Gasteiger partial charge in [-0.1, -0.05) is 0 Å². The van der Waals surface area contributed by atoms with Gasteiger partial charge >= 0.3 is 5.97 Å². The van der Waals surface area contributed by atoms with Crippen molar-refractivity contribution in [2.45, 2.75) is 39.3 Å². The fourth-order valence-electron chi connectivity index (χ4n) is 1.75. The molecule has 1 heterocycles. The molecule has 1 rings (SSSR count). The topological polar surface area (TPSA) is 52.6 Å². The van der Waals surface area contributed by atoms with Crippen molar-refractivity contribution in [3.63, 3.8) is 0 Å². The van der Waals surface area contributed by atoms with Gasteiger partial charge in [-0.25, -0.2) is 4.79 Å². The molecule has 0 fully saturated rings. The molecule has 19 heavy (non-hydrogen) atoms. The summed E-state index contributed by atoms with van der Waals surface area (Å²) in [5.41, 5.74) is 0.886. The number of rotatable bonds is 9. The van der Waals surface area contributed by atoms with Gasteiger partial charge in [0.2, 0.25) is 0 Å². The number of carboxylic acid groups (broad SMARTS) is 1. The predicted molar refractivity (Wildman–Crippen MR) is 80.0 cm³/mol. The van der Waals surface area contributed by atoms with Gasteiger partial charge in [0.25, 0.3) is 0 Å². The van der Waals surface area contributed by atoms with Crippen LogP contribution in [0.2, 0.25) is 0 Å². The molecule has 0 aliphatic rings. The number of hydrogen-bond donors (Lipinski definition) is 2. The second-order valence-electron chi connectivity index (χ2n) is 5.04. The third-order valence-corrected chi connectivity index (χ3v) is 4.20. The summed E-state index contributed by atoms with van der Waals surface area (Å²) in [7, 11) is 2.14. The highest BCUT2D eigenvalue weighted by atomic mass is 32.1. The maximum atomic E-state index is 10.9. The fraction of sp³-hybridized carbons (Fsp3) is 0.643. The average molecular weight is 284 g/mol. The molecule has 108 valence electrons. The van der Waals surface area contributed by atoms with Gasteiger partial charge in [-0.15, -0.1) is 11.3 Å². The van der Waals surface area contributed by atoms with Crippen molar-refractivity contribution in [2.24, 2.45) is 0 Å². The van der Waals surface area contributed by atoms with E-state index in [9.17, 15) is 4.79 Å². The molecule has 0 saturated carbocycles. The SMILES string of the molecule is CC(C)N(C)CCCCNCc1ccsc1C(=O)O. The zero-order valence-electron chi connectivity index (χ0n) is 12.0. The van der Waals surface area contributed by atoms with E-state index in [-0.39, 0.29) is 0 Å². The van der Waals surface area contributed by atoms with E-state index in [4.69, 9.17) is 5.11 Å². The third-order valence-electron chi connectivity index (χ3n) is 3.25. The number of aromatic carboxylic acids is 1. The summed E-state index contributed by atoms with van der Waals surface area (Å²) in [5.74, 6) is -0.828. The lowest BCUT2D eigenvalue weighted by molar-refractivity contribution is 0.0701. The van der Waals surface area contributed by atoms with Crippen LogP contribution in [-0.2, 0) is 6.54 Å². The molecule has 0 aromatic carbocycles. The lowest BCUT2D eigenvalue weighted by Crippen LogP contribution is -2.27. The van der Waals surface area contributed by atoms with Gasteiger partial charge in [0.15, 0.2) is 0 Å². The van der Waals surface area contributed by atoms with Crippen LogP contribution in [0.3, 0.4) is 0 Å². The Morgan fingerprint density at radius 2 is 2.21 bits per heavy atom. The molecule has 0 aliphatic carbocycles. The molecule has 0 bridgehead atoms. The lowest BCUT2D eigenvalue weighted by Gasteiger charge is -2.20. The molecule has 5 heteroatoms. The van der Waals surface area contributed by atoms with E-state index in [2.05, 4.69) is 31.1 Å². The summed E-state index contributed by atoms with van der Waals surface area (Å²) in [5, 5.41) is 14.1. The number of nitrogens with zero attached hydrogens (tertiary/aromatic N) is 1. The van der Waals surface area contributed by atoms with Crippen LogP contribution in [0.1, 0.15) is 41.9 Å². The summed E-state index contributed by atoms with van der Waals surface area (Å²) in [6, 6.07) is 2.48. The lowest BCUT2D eigenvalue weighted by atomic mass is 10.2. The van der Waals surface area contributed by atoms with Crippen molar-refractivity contribution in [2.75, 3.05) is 20.1 Å². The van der Waals surface area contributed by atoms with E-state index in [0.29, 0.717) is 17.5 Å². The number of carbonyl (C=O) groups is 1. The second kappa shape index (κ2) is 8.30. The van der Waals surface area contributed by atoms with Crippen LogP contribution < -0.4 is 5.32 Å². The van der Waals surface area contributed by atoms with E-state index in [0.717, 1.165) is 31.5 Å². The van der Waals surface area contributed by atoms with Crippen molar-refractivity contribution >= 4 is 17.3 Å². The predicted octanol–water partition coefficient (Wildman–Crippen LogP) is 2.66. The van der Waals surface area contributed by atoms with Gasteiger partial charge in [-0.05, 0) is 63.8 Å². The molecule has 0 amide bonds. The van der Waals surface area contributed by atoms with E-state index in [1.54, 1.807) is 0 Å². The van der Waals surface area contributed by atoms with Crippen molar-refractivity contribution < 1.29 is 9.90 Å². The number of nitrogens with one attached hydrogen (secondary N) is 1. The van der Waals surface area contributed by atoms with Crippen molar-refractivity contribution in [1.82, 2.24) is 10.2 Å². The standard InChI is InChI=1S/C14H24N2O2S/c1-11(2)16(3)8-5-4-7-15-10-12-6-9-19-13(12)14(17)18/h6,9,11,15H,4-5,7-8,10H2,1-3H3,(H,17,18). The van der Waals surface area contributed by atoms with Crippen molar-refractivity contribution in [1.29, 1.82) is 0 Å². The van der Waals surface area contributed by atoms with E-state index in [1.165, 1.54) is 11.3 Å². The van der Waals surface area contributed by atoms with E-state index < -0.39 is 5.97 Å². The molecule has 4 nitrogen and oxygen atoms in total. The van der Waals surface area contributed by atoms with Crippen LogP contribution in [0.4, 0.5) is 0 Å². The van der Waals surface area contributed by atoms with Crippen molar-refractivity contribution in [3.05, 3.63) is 21.9 Å². The summed E-state index contributed by atoms with van der Waals surface area (Å²) < 4.78 is 0. The van der Waals surface area contributed by atoms with Gasteiger partial charge in [-0.3, -0.25) is 0 Å². The molecule has 2 N–H and O–H groups in total. The van der Waals surface area contributed by atoms with Crippen LogP contribution in [0, 0.1) is 0 Å². The van der Waals surface area contributed by atoms with Gasteiger partial charge in [0.05, 0.1) is 0 Å². The maximum absolute atomic E-state index is 10.9. The van der Waals surface area contributed by atoms with Gasteiger partial charge in [0.1, 0.15) is 4.88 Å². The van der Waals surface area contributed by atoms with E-state index >= 15 is 0 Å². The van der Waals surface area contributed by atoms with Crippen LogP contribution in [0.5, 0.6) is 0 Å². The maximum Gasteiger partial charge on any atom is 0.346 e. The first-order valence-electron chi connectivity index (χ1n) is 6.73. The molecule has 0 radical (unpaired) electrons. The Morgan fingerprint density at radius 3 is 2.84 bits per heavy atom. The van der Waals surface area contributed by atoms with Crippen LogP contribution in [0.25, 0.3) is 0 Å². The average Bonchev–Trinajstić information content (AvgIpc) is 2.81. The zero-order chi connectivity index (χ0) is 14.3. The van der Waals surface area contributed by atoms with E-state index in [1.807, 2.05) is 11.4 Å². The number of carboxylic acids is 1. The normalized spacial score (nSPS) is 11.4. The molecule has 0 atom stereocenters. The molecule has 0 unspecified atom stereocenters. The summed E-state index contributed by atoms with van der Waals surface area (Å²) in [6.07, 6.45) is 2.28.